The third-order valence-electron chi connectivity index (χ3n) is 4.53. The normalized spacial score (nSPS) is 12.0. The van der Waals surface area contributed by atoms with Crippen LogP contribution in [-0.2, 0) is 6.42 Å². The van der Waals surface area contributed by atoms with E-state index in [1.165, 1.54) is 4.68 Å². The van der Waals surface area contributed by atoms with E-state index >= 15 is 0 Å². The molecule has 0 aliphatic carbocycles. The van der Waals surface area contributed by atoms with E-state index in [0.29, 0.717) is 44.4 Å². The number of hydrogen-bond donors (Lipinski definition) is 0. The number of nitrogens with zero attached hydrogens (tertiary/aromatic N) is 5. The molecule has 0 radical (unpaired) electrons. The lowest BCUT2D eigenvalue weighted by Gasteiger charge is -2.09. The van der Waals surface area contributed by atoms with Gasteiger partial charge in [-0.05, 0) is 48.5 Å². The van der Waals surface area contributed by atoms with Crippen LogP contribution in [0.3, 0.4) is 0 Å². The van der Waals surface area contributed by atoms with Crippen molar-refractivity contribution in [3.05, 3.63) is 105 Å². The number of amidine groups is 1. The number of azo groups is 1. The highest BCUT2D eigenvalue weighted by Gasteiger charge is 2.13. The molecule has 3 aromatic carbocycles. The monoisotopic (exact) mass is 449 g/mol. The van der Waals surface area contributed by atoms with Crippen molar-refractivity contribution in [1.82, 2.24) is 9.66 Å². The lowest BCUT2D eigenvalue weighted by molar-refractivity contribution is 0.729. The molecule has 154 valence electrons. The Morgan fingerprint density at radius 1 is 0.968 bits per heavy atom. The summed E-state index contributed by atoms with van der Waals surface area (Å²) in [4.78, 5) is 17.8. The van der Waals surface area contributed by atoms with E-state index in [-0.39, 0.29) is 11.4 Å². The summed E-state index contributed by atoms with van der Waals surface area (Å²) in [5.41, 5.74) is 1.47. The topological polar surface area (TPSA) is 72.0 Å². The zero-order chi connectivity index (χ0) is 21.8. The van der Waals surface area contributed by atoms with Gasteiger partial charge in [0.25, 0.3) is 5.56 Å². The number of para-hydroxylation sites is 1. The molecule has 1 aromatic heterocycles. The Morgan fingerprint density at radius 2 is 1.68 bits per heavy atom. The quantitative estimate of drug-likeness (QED) is 0.209. The average molecular weight is 450 g/mol. The van der Waals surface area contributed by atoms with E-state index in [2.05, 4.69) is 20.3 Å². The smallest absolute Gasteiger partial charge is 0.267 e. The molecule has 1 heterocycles. The highest BCUT2D eigenvalue weighted by atomic mass is 35.5. The summed E-state index contributed by atoms with van der Waals surface area (Å²) in [5.74, 6) is 0.698. The molecule has 0 saturated heterocycles. The van der Waals surface area contributed by atoms with Crippen molar-refractivity contribution in [2.24, 2.45) is 15.3 Å². The Kier molecular flexibility index (Phi) is 6.21. The molecule has 0 aliphatic heterocycles. The van der Waals surface area contributed by atoms with Crippen molar-refractivity contribution >= 4 is 45.6 Å². The van der Waals surface area contributed by atoms with Crippen LogP contribution < -0.4 is 5.56 Å². The molecule has 0 fully saturated rings. The van der Waals surface area contributed by atoms with Crippen LogP contribution in [0.4, 0.5) is 5.69 Å². The summed E-state index contributed by atoms with van der Waals surface area (Å²) in [6.07, 6.45) is 0.508. The highest BCUT2D eigenvalue weighted by Crippen LogP contribution is 2.21. The standard InChI is InChI=1S/C23H17Cl2N5O/c1-2-21-26-20-10-6-4-8-18(20)23(31)30(21)29-22(17-7-3-5-9-19(17)25)28-27-16-13-11-15(24)12-14-16/h3-14H,2H2,1H3/b28-27?,29-22+. The molecular weight excluding hydrogens is 433 g/mol. The van der Waals surface area contributed by atoms with E-state index in [0.717, 1.165) is 0 Å². The highest BCUT2D eigenvalue weighted by molar-refractivity contribution is 6.34. The second-order valence-corrected chi connectivity index (χ2v) is 7.44. The fraction of sp³-hybridized carbons (Fsp3) is 0.0870. The van der Waals surface area contributed by atoms with Crippen LogP contribution in [0.25, 0.3) is 10.9 Å². The molecule has 0 spiro atoms. The fourth-order valence-electron chi connectivity index (χ4n) is 2.98. The largest absolute Gasteiger partial charge is 0.282 e. The predicted molar refractivity (Wildman–Crippen MR) is 125 cm³/mol. The minimum atomic E-state index is -0.284. The number of rotatable bonds is 4. The minimum absolute atomic E-state index is 0.189. The van der Waals surface area contributed by atoms with Gasteiger partial charge in [-0.1, -0.05) is 54.4 Å². The second kappa shape index (κ2) is 9.20. The van der Waals surface area contributed by atoms with Crippen molar-refractivity contribution in [2.75, 3.05) is 0 Å². The van der Waals surface area contributed by atoms with E-state index in [4.69, 9.17) is 23.2 Å². The summed E-state index contributed by atoms with van der Waals surface area (Å²) in [6, 6.07) is 21.2. The summed E-state index contributed by atoms with van der Waals surface area (Å²) >= 11 is 12.3. The van der Waals surface area contributed by atoms with Gasteiger partial charge in [-0.15, -0.1) is 15.3 Å². The zero-order valence-corrected chi connectivity index (χ0v) is 18.0. The van der Waals surface area contributed by atoms with Crippen molar-refractivity contribution in [3.63, 3.8) is 0 Å². The summed E-state index contributed by atoms with van der Waals surface area (Å²) in [7, 11) is 0. The first-order valence-electron chi connectivity index (χ1n) is 9.58. The van der Waals surface area contributed by atoms with Gasteiger partial charge in [0.1, 0.15) is 5.82 Å². The molecule has 6 nitrogen and oxygen atoms in total. The predicted octanol–water partition coefficient (Wildman–Crippen LogP) is 6.26. The van der Waals surface area contributed by atoms with Crippen LogP contribution in [0.15, 0.2) is 92.9 Å². The van der Waals surface area contributed by atoms with Gasteiger partial charge < -0.3 is 0 Å². The molecule has 4 rings (SSSR count). The fourth-order valence-corrected chi connectivity index (χ4v) is 3.33. The summed E-state index contributed by atoms with van der Waals surface area (Å²) in [5, 5.41) is 14.6. The van der Waals surface area contributed by atoms with Gasteiger partial charge in [-0.25, -0.2) is 4.98 Å². The maximum atomic E-state index is 13.2. The Labute approximate surface area is 188 Å². The molecule has 0 bridgehead atoms. The van der Waals surface area contributed by atoms with Gasteiger partial charge in [0, 0.05) is 17.0 Å². The molecule has 0 amide bonds. The lowest BCUT2D eigenvalue weighted by atomic mass is 10.2. The van der Waals surface area contributed by atoms with Gasteiger partial charge in [0.05, 0.1) is 21.6 Å². The maximum Gasteiger partial charge on any atom is 0.282 e. The van der Waals surface area contributed by atoms with Crippen LogP contribution in [0.2, 0.25) is 10.0 Å². The van der Waals surface area contributed by atoms with E-state index in [9.17, 15) is 4.79 Å². The van der Waals surface area contributed by atoms with Gasteiger partial charge in [0.15, 0.2) is 0 Å². The Balaban J connectivity index is 1.91. The van der Waals surface area contributed by atoms with E-state index in [1.54, 1.807) is 60.7 Å². The van der Waals surface area contributed by atoms with Gasteiger partial charge in [0.2, 0.25) is 5.84 Å². The maximum absolute atomic E-state index is 13.2. The SMILES string of the molecule is CCc1nc2ccccc2c(=O)n1/N=C(/N=Nc1ccc(Cl)cc1)c1ccccc1Cl. The van der Waals surface area contributed by atoms with Crippen molar-refractivity contribution in [2.45, 2.75) is 13.3 Å². The zero-order valence-electron chi connectivity index (χ0n) is 16.5. The third kappa shape index (κ3) is 4.55. The Bertz CT molecular complexity index is 1360. The number of halogens is 2. The van der Waals surface area contributed by atoms with Crippen LogP contribution in [0.1, 0.15) is 18.3 Å². The number of fused-ring (bicyclic) bond motifs is 1. The van der Waals surface area contributed by atoms with Crippen LogP contribution in [0.5, 0.6) is 0 Å². The molecule has 0 atom stereocenters. The summed E-state index contributed by atoms with van der Waals surface area (Å²) < 4.78 is 1.27. The van der Waals surface area contributed by atoms with Gasteiger partial charge in [-0.3, -0.25) is 4.79 Å². The third-order valence-corrected chi connectivity index (χ3v) is 5.11. The molecule has 0 N–H and O–H groups in total. The first kappa shape index (κ1) is 20.9. The van der Waals surface area contributed by atoms with Crippen LogP contribution in [0, 0.1) is 0 Å². The average Bonchev–Trinajstić information content (AvgIpc) is 2.79. The van der Waals surface area contributed by atoms with Gasteiger partial charge in [-0.2, -0.15) is 4.68 Å². The number of aryl methyl sites for hydroxylation is 1. The van der Waals surface area contributed by atoms with Crippen molar-refractivity contribution < 1.29 is 0 Å². The van der Waals surface area contributed by atoms with E-state index < -0.39 is 0 Å². The molecule has 8 heteroatoms. The first-order valence-corrected chi connectivity index (χ1v) is 10.3. The molecule has 0 unspecified atom stereocenters. The lowest BCUT2D eigenvalue weighted by Crippen LogP contribution is -2.23. The van der Waals surface area contributed by atoms with Gasteiger partial charge >= 0.3 is 0 Å². The molecule has 0 saturated carbocycles. The minimum Gasteiger partial charge on any atom is -0.267 e. The van der Waals surface area contributed by atoms with Crippen LogP contribution >= 0.6 is 23.2 Å². The van der Waals surface area contributed by atoms with E-state index in [1.807, 2.05) is 19.1 Å². The number of benzene rings is 3. The molecule has 4 aromatic rings. The number of aromatic nitrogens is 2. The molecule has 31 heavy (non-hydrogen) atoms. The number of hydrogen-bond acceptors (Lipinski definition) is 4. The summed E-state index contributed by atoms with van der Waals surface area (Å²) in [6.45, 7) is 1.91. The Morgan fingerprint density at radius 3 is 2.42 bits per heavy atom. The first-order chi connectivity index (χ1) is 15.1. The van der Waals surface area contributed by atoms with Crippen molar-refractivity contribution in [1.29, 1.82) is 0 Å². The van der Waals surface area contributed by atoms with Crippen LogP contribution in [-0.4, -0.2) is 15.5 Å². The van der Waals surface area contributed by atoms with Crippen molar-refractivity contribution in [3.8, 4) is 0 Å². The molecule has 0 aliphatic rings. The second-order valence-electron chi connectivity index (χ2n) is 6.60. The Hall–Kier alpha value is -3.35. The molecular formula is C23H17Cl2N5O.